The van der Waals surface area contributed by atoms with Crippen molar-refractivity contribution in [1.82, 2.24) is 4.98 Å². The number of methoxy groups -OCH3 is 2. The molecule has 19 heavy (non-hydrogen) atoms. The third kappa shape index (κ3) is 4.94. The summed E-state index contributed by atoms with van der Waals surface area (Å²) in [5.74, 6) is -1.06. The van der Waals surface area contributed by atoms with Gasteiger partial charge in [-0.05, 0) is 6.42 Å². The van der Waals surface area contributed by atoms with Crippen LogP contribution in [0, 0.1) is 0 Å². The number of hydrogen-bond acceptors (Lipinski definition) is 6. The van der Waals surface area contributed by atoms with Gasteiger partial charge >= 0.3 is 5.97 Å². The molecule has 0 saturated carbocycles. The van der Waals surface area contributed by atoms with Gasteiger partial charge in [-0.3, -0.25) is 0 Å². The van der Waals surface area contributed by atoms with E-state index in [0.717, 1.165) is 17.8 Å². The molecule has 0 radical (unpaired) electrons. The molecule has 0 spiro atoms. The lowest BCUT2D eigenvalue weighted by Crippen LogP contribution is -2.28. The largest absolute Gasteiger partial charge is 0.477 e. The number of rotatable bonds is 9. The van der Waals surface area contributed by atoms with Gasteiger partial charge in [0.05, 0.1) is 6.61 Å². The van der Waals surface area contributed by atoms with E-state index in [-0.39, 0.29) is 10.0 Å². The molecular weight excluding hydrogens is 292 g/mol. The van der Waals surface area contributed by atoms with Crippen molar-refractivity contribution in [3.05, 3.63) is 10.0 Å². The van der Waals surface area contributed by atoms with Gasteiger partial charge in [0.1, 0.15) is 0 Å². The minimum atomic E-state index is -1.06. The second-order valence-corrected chi connectivity index (χ2v) is 5.08. The van der Waals surface area contributed by atoms with Crippen molar-refractivity contribution in [2.24, 2.45) is 0 Å². The van der Waals surface area contributed by atoms with E-state index in [1.807, 2.05) is 4.90 Å². The van der Waals surface area contributed by atoms with Crippen molar-refractivity contribution in [2.75, 3.05) is 45.4 Å². The number of aromatic carboxylic acids is 1. The van der Waals surface area contributed by atoms with Gasteiger partial charge < -0.3 is 19.5 Å². The Hall–Kier alpha value is -0.890. The number of thiazole rings is 1. The van der Waals surface area contributed by atoms with E-state index in [4.69, 9.17) is 26.2 Å². The maximum atomic E-state index is 11.0. The zero-order valence-corrected chi connectivity index (χ0v) is 12.5. The van der Waals surface area contributed by atoms with Crippen LogP contribution in [-0.2, 0) is 9.47 Å². The molecule has 0 amide bonds. The predicted octanol–water partition coefficient (Wildman–Crippen LogP) is 1.98. The Morgan fingerprint density at radius 1 is 1.37 bits per heavy atom. The number of carboxylic acids is 1. The molecule has 0 bridgehead atoms. The van der Waals surface area contributed by atoms with E-state index < -0.39 is 5.97 Å². The van der Waals surface area contributed by atoms with E-state index in [0.29, 0.717) is 31.4 Å². The molecule has 0 fully saturated rings. The highest BCUT2D eigenvalue weighted by Crippen LogP contribution is 2.29. The lowest BCUT2D eigenvalue weighted by atomic mass is 10.4. The van der Waals surface area contributed by atoms with Crippen LogP contribution < -0.4 is 4.90 Å². The first-order valence-corrected chi connectivity index (χ1v) is 6.92. The molecule has 0 saturated heterocycles. The van der Waals surface area contributed by atoms with Crippen LogP contribution in [0.2, 0.25) is 5.15 Å². The van der Waals surface area contributed by atoms with Crippen LogP contribution in [0.5, 0.6) is 0 Å². The van der Waals surface area contributed by atoms with Crippen LogP contribution in [0.3, 0.4) is 0 Å². The molecule has 0 aliphatic heterocycles. The van der Waals surface area contributed by atoms with Gasteiger partial charge in [0.2, 0.25) is 0 Å². The average molecular weight is 309 g/mol. The van der Waals surface area contributed by atoms with Gasteiger partial charge in [-0.15, -0.1) is 0 Å². The summed E-state index contributed by atoms with van der Waals surface area (Å²) in [5.41, 5.74) is 0. The Morgan fingerprint density at radius 3 is 2.58 bits per heavy atom. The summed E-state index contributed by atoms with van der Waals surface area (Å²) in [6, 6.07) is 0. The Labute approximate surface area is 120 Å². The summed E-state index contributed by atoms with van der Waals surface area (Å²) in [6.07, 6.45) is 0.819. The fourth-order valence-electron chi connectivity index (χ4n) is 1.46. The normalized spacial score (nSPS) is 10.7. The van der Waals surface area contributed by atoms with Gasteiger partial charge in [0, 0.05) is 33.9 Å². The molecule has 8 heteroatoms. The summed E-state index contributed by atoms with van der Waals surface area (Å²) in [6.45, 7) is 2.50. The molecule has 1 heterocycles. The second-order valence-electron chi connectivity index (χ2n) is 3.75. The SMILES string of the molecule is COCCCN(CCOC)c1nc(Cl)c(C(=O)O)s1. The number of carbonyl (C=O) groups is 1. The third-order valence-corrected chi connectivity index (χ3v) is 3.87. The highest BCUT2D eigenvalue weighted by atomic mass is 35.5. The van der Waals surface area contributed by atoms with E-state index in [9.17, 15) is 4.79 Å². The fourth-order valence-corrected chi connectivity index (χ4v) is 2.64. The first-order valence-electron chi connectivity index (χ1n) is 5.72. The van der Waals surface area contributed by atoms with Crippen molar-refractivity contribution in [2.45, 2.75) is 6.42 Å². The summed E-state index contributed by atoms with van der Waals surface area (Å²) in [4.78, 5) is 17.1. The van der Waals surface area contributed by atoms with Gasteiger partial charge in [0.15, 0.2) is 15.2 Å². The Bertz CT molecular complexity index is 413. The summed E-state index contributed by atoms with van der Waals surface area (Å²) >= 11 is 6.89. The highest BCUT2D eigenvalue weighted by Gasteiger charge is 2.19. The molecule has 108 valence electrons. The third-order valence-electron chi connectivity index (χ3n) is 2.38. The maximum absolute atomic E-state index is 11.0. The molecule has 6 nitrogen and oxygen atoms in total. The first kappa shape index (κ1) is 16.2. The maximum Gasteiger partial charge on any atom is 0.349 e. The van der Waals surface area contributed by atoms with Gasteiger partial charge in [-0.2, -0.15) is 0 Å². The summed E-state index contributed by atoms with van der Waals surface area (Å²) in [5, 5.41) is 9.60. The van der Waals surface area contributed by atoms with E-state index in [1.165, 1.54) is 0 Å². The molecule has 1 aromatic heterocycles. The van der Waals surface area contributed by atoms with Crippen LogP contribution in [0.25, 0.3) is 0 Å². The molecule has 0 aromatic carbocycles. The second kappa shape index (κ2) is 8.31. The number of aromatic nitrogens is 1. The Balaban J connectivity index is 2.77. The highest BCUT2D eigenvalue weighted by molar-refractivity contribution is 7.18. The standard InChI is InChI=1S/C11H17ClN2O4S/c1-17-6-3-4-14(5-7-18-2)11-13-9(12)8(19-11)10(15)16/h3-7H2,1-2H3,(H,15,16). The minimum absolute atomic E-state index is 0.0293. The van der Waals surface area contributed by atoms with Crippen molar-refractivity contribution in [3.8, 4) is 0 Å². The van der Waals surface area contributed by atoms with Crippen molar-refractivity contribution in [3.63, 3.8) is 0 Å². The van der Waals surface area contributed by atoms with Gasteiger partial charge in [-0.25, -0.2) is 9.78 Å². The smallest absolute Gasteiger partial charge is 0.349 e. The molecule has 1 aromatic rings. The van der Waals surface area contributed by atoms with Crippen LogP contribution in [0.15, 0.2) is 0 Å². The Kier molecular flexibility index (Phi) is 7.07. The fraction of sp³-hybridized carbons (Fsp3) is 0.636. The number of ether oxygens (including phenoxy) is 2. The van der Waals surface area contributed by atoms with Crippen LogP contribution >= 0.6 is 22.9 Å². The van der Waals surface area contributed by atoms with Crippen molar-refractivity contribution < 1.29 is 19.4 Å². The molecule has 0 aliphatic rings. The molecule has 1 N–H and O–H groups in total. The van der Waals surface area contributed by atoms with E-state index >= 15 is 0 Å². The average Bonchev–Trinajstić information content (AvgIpc) is 2.76. The number of carboxylic acid groups (broad SMARTS) is 1. The minimum Gasteiger partial charge on any atom is -0.477 e. The van der Waals surface area contributed by atoms with Gasteiger partial charge in [0.25, 0.3) is 0 Å². The topological polar surface area (TPSA) is 71.9 Å². The number of anilines is 1. The molecule has 0 atom stereocenters. The number of halogens is 1. The van der Waals surface area contributed by atoms with Crippen LogP contribution in [0.4, 0.5) is 5.13 Å². The first-order chi connectivity index (χ1) is 9.10. The zero-order chi connectivity index (χ0) is 14.3. The van der Waals surface area contributed by atoms with Crippen molar-refractivity contribution in [1.29, 1.82) is 0 Å². The molecule has 1 rings (SSSR count). The Morgan fingerprint density at radius 2 is 2.05 bits per heavy atom. The van der Waals surface area contributed by atoms with Gasteiger partial charge in [-0.1, -0.05) is 22.9 Å². The summed E-state index contributed by atoms with van der Waals surface area (Å²) < 4.78 is 10.0. The predicted molar refractivity (Wildman–Crippen MR) is 74.7 cm³/mol. The monoisotopic (exact) mass is 308 g/mol. The molecular formula is C11H17ClN2O4S. The zero-order valence-electron chi connectivity index (χ0n) is 10.9. The van der Waals surface area contributed by atoms with E-state index in [2.05, 4.69) is 4.98 Å². The number of nitrogens with zero attached hydrogens (tertiary/aromatic N) is 2. The number of hydrogen-bond donors (Lipinski definition) is 1. The lowest BCUT2D eigenvalue weighted by Gasteiger charge is -2.21. The molecule has 0 aliphatic carbocycles. The molecule has 0 unspecified atom stereocenters. The lowest BCUT2D eigenvalue weighted by molar-refractivity contribution is 0.0702. The van der Waals surface area contributed by atoms with Crippen LogP contribution in [0.1, 0.15) is 16.1 Å². The quantitative estimate of drug-likeness (QED) is 0.703. The summed E-state index contributed by atoms with van der Waals surface area (Å²) in [7, 11) is 3.26. The van der Waals surface area contributed by atoms with Crippen LogP contribution in [-0.4, -0.2) is 56.6 Å². The van der Waals surface area contributed by atoms with Crippen molar-refractivity contribution >= 4 is 34.0 Å². The van der Waals surface area contributed by atoms with E-state index in [1.54, 1.807) is 14.2 Å².